The zero-order valence-electron chi connectivity index (χ0n) is 10.6. The van der Waals surface area contributed by atoms with Gasteiger partial charge in [0.2, 0.25) is 0 Å². The standard InChI is InChI=1S/C14H17BrFNOS/c15-10-1-2-12(16)13(7-10)17-11-3-5-18-14(8-11)4-6-19-9-14/h1-2,7,11,17H,3-6,8-9H2. The van der Waals surface area contributed by atoms with Crippen molar-refractivity contribution in [2.24, 2.45) is 0 Å². The predicted molar refractivity (Wildman–Crippen MR) is 81.4 cm³/mol. The fourth-order valence-corrected chi connectivity index (χ4v) is 4.58. The zero-order valence-corrected chi connectivity index (χ0v) is 13.0. The normalized spacial score (nSPS) is 30.7. The molecule has 104 valence electrons. The summed E-state index contributed by atoms with van der Waals surface area (Å²) in [6, 6.07) is 5.32. The van der Waals surface area contributed by atoms with Crippen LogP contribution in [0.1, 0.15) is 19.3 Å². The van der Waals surface area contributed by atoms with Gasteiger partial charge in [0.25, 0.3) is 0 Å². The zero-order chi connectivity index (χ0) is 13.3. The molecule has 1 aromatic carbocycles. The topological polar surface area (TPSA) is 21.3 Å². The van der Waals surface area contributed by atoms with Crippen LogP contribution in [0, 0.1) is 5.82 Å². The Morgan fingerprint density at radius 3 is 3.16 bits per heavy atom. The van der Waals surface area contributed by atoms with Crippen LogP contribution in [0.25, 0.3) is 0 Å². The third-order valence-electron chi connectivity index (χ3n) is 3.85. The molecule has 1 aromatic rings. The lowest BCUT2D eigenvalue weighted by atomic mass is 9.90. The first kappa shape index (κ1) is 13.7. The average Bonchev–Trinajstić information content (AvgIpc) is 2.82. The van der Waals surface area contributed by atoms with E-state index in [1.807, 2.05) is 11.8 Å². The number of rotatable bonds is 2. The molecule has 0 bridgehead atoms. The molecule has 5 heteroatoms. The van der Waals surface area contributed by atoms with Crippen LogP contribution in [0.15, 0.2) is 22.7 Å². The lowest BCUT2D eigenvalue weighted by Crippen LogP contribution is -2.44. The summed E-state index contributed by atoms with van der Waals surface area (Å²) in [7, 11) is 0. The molecule has 0 aromatic heterocycles. The van der Waals surface area contributed by atoms with Gasteiger partial charge in [-0.3, -0.25) is 0 Å². The number of thioether (sulfide) groups is 1. The second-order valence-electron chi connectivity index (χ2n) is 5.29. The molecule has 1 N–H and O–H groups in total. The van der Waals surface area contributed by atoms with Crippen LogP contribution in [0.3, 0.4) is 0 Å². The third kappa shape index (κ3) is 3.09. The lowest BCUT2D eigenvalue weighted by molar-refractivity contribution is -0.0628. The van der Waals surface area contributed by atoms with E-state index in [2.05, 4.69) is 21.2 Å². The van der Waals surface area contributed by atoms with Gasteiger partial charge >= 0.3 is 0 Å². The number of hydrogen-bond acceptors (Lipinski definition) is 3. The molecule has 0 amide bonds. The van der Waals surface area contributed by atoms with Crippen LogP contribution < -0.4 is 5.32 Å². The van der Waals surface area contributed by atoms with Crippen molar-refractivity contribution in [3.05, 3.63) is 28.5 Å². The van der Waals surface area contributed by atoms with Crippen molar-refractivity contribution >= 4 is 33.4 Å². The number of benzene rings is 1. The monoisotopic (exact) mass is 345 g/mol. The van der Waals surface area contributed by atoms with Crippen molar-refractivity contribution in [2.75, 3.05) is 23.4 Å². The van der Waals surface area contributed by atoms with E-state index in [0.29, 0.717) is 11.7 Å². The Hall–Kier alpha value is -0.260. The fraction of sp³-hybridized carbons (Fsp3) is 0.571. The second-order valence-corrected chi connectivity index (χ2v) is 7.31. The smallest absolute Gasteiger partial charge is 0.146 e. The summed E-state index contributed by atoms with van der Waals surface area (Å²) in [6.07, 6.45) is 3.04. The Bertz CT molecular complexity index is 465. The molecule has 2 saturated heterocycles. The van der Waals surface area contributed by atoms with Crippen LogP contribution in [0.5, 0.6) is 0 Å². The van der Waals surface area contributed by atoms with Crippen LogP contribution in [0.4, 0.5) is 10.1 Å². The van der Waals surface area contributed by atoms with Crippen LogP contribution in [-0.4, -0.2) is 29.8 Å². The van der Waals surface area contributed by atoms with Gasteiger partial charge in [-0.25, -0.2) is 4.39 Å². The van der Waals surface area contributed by atoms with Crippen molar-refractivity contribution in [1.29, 1.82) is 0 Å². The van der Waals surface area contributed by atoms with Gasteiger partial charge in [0.05, 0.1) is 11.3 Å². The molecule has 2 unspecified atom stereocenters. The van der Waals surface area contributed by atoms with E-state index < -0.39 is 0 Å². The largest absolute Gasteiger partial charge is 0.380 e. The van der Waals surface area contributed by atoms with E-state index in [4.69, 9.17) is 4.74 Å². The quantitative estimate of drug-likeness (QED) is 0.873. The van der Waals surface area contributed by atoms with Gasteiger partial charge in [0, 0.05) is 22.9 Å². The molecule has 2 aliphatic heterocycles. The molecule has 0 radical (unpaired) electrons. The van der Waals surface area contributed by atoms with E-state index in [-0.39, 0.29) is 11.4 Å². The Labute approximate surface area is 125 Å². The summed E-state index contributed by atoms with van der Waals surface area (Å²) < 4.78 is 20.7. The number of anilines is 1. The molecule has 3 rings (SSSR count). The fourth-order valence-electron chi connectivity index (χ4n) is 2.84. The van der Waals surface area contributed by atoms with Gasteiger partial charge in [-0.05, 0) is 43.2 Å². The maximum atomic E-state index is 13.8. The van der Waals surface area contributed by atoms with Crippen molar-refractivity contribution in [3.8, 4) is 0 Å². The van der Waals surface area contributed by atoms with Crippen LogP contribution in [0.2, 0.25) is 0 Å². The average molecular weight is 346 g/mol. The van der Waals surface area contributed by atoms with Crippen molar-refractivity contribution < 1.29 is 9.13 Å². The maximum absolute atomic E-state index is 13.8. The summed E-state index contributed by atoms with van der Waals surface area (Å²) in [6.45, 7) is 0.772. The third-order valence-corrected chi connectivity index (χ3v) is 5.56. The van der Waals surface area contributed by atoms with Crippen LogP contribution >= 0.6 is 27.7 Å². The van der Waals surface area contributed by atoms with Gasteiger partial charge in [0.1, 0.15) is 5.82 Å². The first-order chi connectivity index (χ1) is 9.17. The minimum absolute atomic E-state index is 0.0308. The molecule has 0 aliphatic carbocycles. The van der Waals surface area contributed by atoms with E-state index in [1.54, 1.807) is 12.1 Å². The maximum Gasteiger partial charge on any atom is 0.146 e. The number of nitrogens with one attached hydrogen (secondary N) is 1. The number of ether oxygens (including phenoxy) is 1. The van der Waals surface area contributed by atoms with Gasteiger partial charge in [-0.2, -0.15) is 11.8 Å². The van der Waals surface area contributed by atoms with Gasteiger partial charge in [-0.15, -0.1) is 0 Å². The summed E-state index contributed by atoms with van der Waals surface area (Å²) in [5.41, 5.74) is 0.616. The highest BCUT2D eigenvalue weighted by Crippen LogP contribution is 2.39. The Morgan fingerprint density at radius 2 is 2.37 bits per heavy atom. The molecule has 2 atom stereocenters. The lowest BCUT2D eigenvalue weighted by Gasteiger charge is -2.38. The van der Waals surface area contributed by atoms with E-state index in [0.717, 1.165) is 36.1 Å². The first-order valence-electron chi connectivity index (χ1n) is 6.60. The summed E-state index contributed by atoms with van der Waals surface area (Å²) in [5.74, 6) is 2.06. The van der Waals surface area contributed by atoms with Gasteiger partial charge in [-0.1, -0.05) is 15.9 Å². The first-order valence-corrected chi connectivity index (χ1v) is 8.55. The molecule has 2 nitrogen and oxygen atoms in total. The minimum Gasteiger partial charge on any atom is -0.380 e. The Kier molecular flexibility index (Phi) is 4.06. The van der Waals surface area contributed by atoms with E-state index in [9.17, 15) is 4.39 Å². The summed E-state index contributed by atoms with van der Waals surface area (Å²) in [4.78, 5) is 0. The van der Waals surface area contributed by atoms with Crippen molar-refractivity contribution in [1.82, 2.24) is 0 Å². The SMILES string of the molecule is Fc1ccc(Br)cc1NC1CCOC2(CCSC2)C1. The van der Waals surface area contributed by atoms with Crippen molar-refractivity contribution in [2.45, 2.75) is 30.9 Å². The summed E-state index contributed by atoms with van der Waals surface area (Å²) in [5, 5.41) is 3.35. The molecule has 2 fully saturated rings. The van der Waals surface area contributed by atoms with Crippen LogP contribution in [-0.2, 0) is 4.74 Å². The highest BCUT2D eigenvalue weighted by molar-refractivity contribution is 9.10. The molecule has 2 heterocycles. The number of hydrogen-bond donors (Lipinski definition) is 1. The van der Waals surface area contributed by atoms with E-state index >= 15 is 0 Å². The Morgan fingerprint density at radius 1 is 1.47 bits per heavy atom. The molecule has 1 spiro atoms. The Balaban J connectivity index is 1.70. The van der Waals surface area contributed by atoms with Crippen molar-refractivity contribution in [3.63, 3.8) is 0 Å². The van der Waals surface area contributed by atoms with E-state index in [1.165, 1.54) is 11.8 Å². The minimum atomic E-state index is -0.190. The summed E-state index contributed by atoms with van der Waals surface area (Å²) >= 11 is 5.35. The number of halogens is 2. The highest BCUT2D eigenvalue weighted by atomic mass is 79.9. The molecular formula is C14H17BrFNOS. The second kappa shape index (κ2) is 5.62. The van der Waals surface area contributed by atoms with Gasteiger partial charge in [0.15, 0.2) is 0 Å². The molecule has 0 saturated carbocycles. The van der Waals surface area contributed by atoms with Gasteiger partial charge < -0.3 is 10.1 Å². The molecule has 19 heavy (non-hydrogen) atoms. The molecule has 2 aliphatic rings. The predicted octanol–water partition coefficient (Wildman–Crippen LogP) is 4.05. The highest BCUT2D eigenvalue weighted by Gasteiger charge is 2.40. The molecular weight excluding hydrogens is 329 g/mol.